The van der Waals surface area contributed by atoms with Gasteiger partial charge in [0.05, 0.1) is 0 Å². The summed E-state index contributed by atoms with van der Waals surface area (Å²) in [4.78, 5) is 0. The van der Waals surface area contributed by atoms with Gasteiger partial charge in [-0.1, -0.05) is 0 Å². The van der Waals surface area contributed by atoms with Crippen LogP contribution >= 0.6 is 0 Å². The van der Waals surface area contributed by atoms with Crippen LogP contribution in [0.25, 0.3) is 0 Å². The first-order valence-electron chi connectivity index (χ1n) is 2.31. The minimum absolute atomic E-state index is 0. The molecule has 0 radical (unpaired) electrons. The summed E-state index contributed by atoms with van der Waals surface area (Å²) in [5.74, 6) is 0. The molecule has 0 aliphatic heterocycles. The molecule has 24 heavy (non-hydrogen) atoms. The maximum atomic E-state index is 8.61. The Morgan fingerprint density at radius 3 is 0.292 bits per heavy atom. The van der Waals surface area contributed by atoms with Crippen LogP contribution in [0, 0.1) is 0 Å². The molecular weight excluding hydrogens is 716 g/mol. The zero-order valence-electron chi connectivity index (χ0n) is 11.9. The molecule has 0 aromatic rings. The molecule has 0 aromatic carbocycles. The van der Waals surface area contributed by atoms with Crippen LogP contribution < -0.4 is 40.3 Å². The zero-order chi connectivity index (χ0) is 18.0. The van der Waals surface area contributed by atoms with Gasteiger partial charge >= 0.3 is 119 Å². The topological polar surface area (TPSA) is 443 Å². The van der Waals surface area contributed by atoms with Crippen molar-refractivity contribution in [3.63, 3.8) is 0 Å². The Kier molecular flexibility index (Phi) is 39.4. The fraction of sp³-hybridized carbons (Fsp3) is 0. The minimum atomic E-state index is -5.86. The Morgan fingerprint density at radius 2 is 0.292 bits per heavy atom. The van der Waals surface area contributed by atoms with Crippen molar-refractivity contribution in [1.82, 2.24) is 24.6 Å². The van der Waals surface area contributed by atoms with E-state index in [1.165, 1.54) is 0 Å². The quantitative estimate of drug-likeness (QED) is 0.170. The second-order valence-corrected chi connectivity index (χ2v) is 8.37. The van der Waals surface area contributed by atoms with Crippen molar-refractivity contribution in [2.45, 2.75) is 0 Å². The molecule has 0 aliphatic carbocycles. The first-order valence-corrected chi connectivity index (χ1v) is 13.7. The van der Waals surface area contributed by atoms with E-state index in [9.17, 15) is 0 Å². The molecule has 0 heterocycles. The predicted octanol–water partition coefficient (Wildman–Crippen LogP) is -4.69. The monoisotopic (exact) mass is 736 g/mol. The number of hydrogen-bond acceptors (Lipinski definition) is 16. The molecular formula is H16N4O16Ru4. The fourth-order valence-corrected chi connectivity index (χ4v) is 0. The van der Waals surface area contributed by atoms with Crippen LogP contribution in [0.5, 0.6) is 0 Å². The van der Waals surface area contributed by atoms with Crippen molar-refractivity contribution in [2.75, 3.05) is 0 Å². The van der Waals surface area contributed by atoms with E-state index in [1.807, 2.05) is 0 Å². The maximum absolute atomic E-state index is 8.61. The first kappa shape index (κ1) is 49.6. The Balaban J connectivity index is -0.0000000225. The van der Waals surface area contributed by atoms with Gasteiger partial charge < -0.3 is 24.6 Å². The normalized spacial score (nSPS) is 9.50. The Labute approximate surface area is 142 Å². The van der Waals surface area contributed by atoms with Crippen LogP contribution in [0.4, 0.5) is 0 Å². The van der Waals surface area contributed by atoms with Crippen molar-refractivity contribution >= 4 is 0 Å². The van der Waals surface area contributed by atoms with Crippen molar-refractivity contribution < 1.29 is 119 Å². The van der Waals surface area contributed by atoms with Gasteiger partial charge in [0.15, 0.2) is 0 Å². The standard InChI is InChI=1S/4H3N.16O.4Ru/h4*1H3;;;;;;;;;;;;;;;;;;;;/q;;;;;;;;;;;;;;;;4*-1;;;;/p+4. The summed E-state index contributed by atoms with van der Waals surface area (Å²) in [6.45, 7) is 0. The third kappa shape index (κ3) is 183000. The fourth-order valence-electron chi connectivity index (χ4n) is 0. The third-order valence-corrected chi connectivity index (χ3v) is 0. The van der Waals surface area contributed by atoms with Gasteiger partial charge in [-0.25, -0.2) is 0 Å². The third-order valence-electron chi connectivity index (χ3n) is 0. The van der Waals surface area contributed by atoms with Crippen molar-refractivity contribution in [3.8, 4) is 0 Å². The molecule has 0 amide bonds. The van der Waals surface area contributed by atoms with Crippen LogP contribution in [0.3, 0.4) is 0 Å². The molecule has 0 spiro atoms. The molecule has 0 aliphatic rings. The van der Waals surface area contributed by atoms with Crippen LogP contribution in [-0.2, 0) is 103 Å². The van der Waals surface area contributed by atoms with Gasteiger partial charge in [-0.05, 0) is 0 Å². The molecule has 20 nitrogen and oxygen atoms in total. The van der Waals surface area contributed by atoms with Gasteiger partial charge in [-0.15, -0.1) is 0 Å². The van der Waals surface area contributed by atoms with Crippen LogP contribution in [-0.4, -0.2) is 0 Å². The van der Waals surface area contributed by atoms with Gasteiger partial charge in [0.25, 0.3) is 0 Å². The van der Waals surface area contributed by atoms with Crippen molar-refractivity contribution in [3.05, 3.63) is 0 Å². The first-order chi connectivity index (χ1) is 8.00. The van der Waals surface area contributed by atoms with E-state index in [0.717, 1.165) is 0 Å². The van der Waals surface area contributed by atoms with Gasteiger partial charge in [-0.3, -0.25) is 0 Å². The molecule has 0 rings (SSSR count). The van der Waals surface area contributed by atoms with E-state index in [4.69, 9.17) is 58.6 Å². The van der Waals surface area contributed by atoms with Gasteiger partial charge in [-0.2, -0.15) is 0 Å². The van der Waals surface area contributed by atoms with E-state index >= 15 is 0 Å². The average Bonchev–Trinajstić information content (AvgIpc) is 1.62. The summed E-state index contributed by atoms with van der Waals surface area (Å²) < 4.78 is 138. The summed E-state index contributed by atoms with van der Waals surface area (Å²) >= 11 is -23.4. The molecule has 0 saturated carbocycles. The summed E-state index contributed by atoms with van der Waals surface area (Å²) in [7, 11) is 0. The van der Waals surface area contributed by atoms with Crippen molar-refractivity contribution in [1.29, 1.82) is 0 Å². The molecule has 24 heteroatoms. The Hall–Kier alpha value is -0.226. The van der Waals surface area contributed by atoms with E-state index in [-0.39, 0.29) is 24.6 Å². The van der Waals surface area contributed by atoms with Crippen LogP contribution in [0.15, 0.2) is 0 Å². The summed E-state index contributed by atoms with van der Waals surface area (Å²) in [6, 6.07) is 0. The SMILES string of the molecule is [NH4+].[NH4+].[NH4+].[NH4+].[O]=[Ru](=[O])(=[O])[O-].[O]=[Ru](=[O])(=[O])[O-].[O]=[Ru](=[O])(=[O])[O-].[O]=[Ru](=[O])(=[O])[O-]. The number of quaternary nitrogens is 4. The van der Waals surface area contributed by atoms with Crippen LogP contribution in [0.1, 0.15) is 0 Å². The molecule has 16 N–H and O–H groups in total. The molecule has 0 saturated heterocycles. The second-order valence-electron chi connectivity index (χ2n) is 1.41. The second kappa shape index (κ2) is 19.1. The summed E-state index contributed by atoms with van der Waals surface area (Å²) in [6.07, 6.45) is 0. The summed E-state index contributed by atoms with van der Waals surface area (Å²) in [5, 5.41) is 0. The molecule has 164 valence electrons. The Bertz CT molecular complexity index is 683. The molecule has 0 fully saturated rings. The van der Waals surface area contributed by atoms with E-state index in [1.54, 1.807) is 0 Å². The molecule has 0 unspecified atom stereocenters. The predicted molar refractivity (Wildman–Crippen MR) is 32.2 cm³/mol. The van der Waals surface area contributed by atoms with Crippen LogP contribution in [0.2, 0.25) is 0 Å². The molecule has 0 bridgehead atoms. The van der Waals surface area contributed by atoms with E-state index < -0.39 is 60.0 Å². The van der Waals surface area contributed by atoms with Crippen molar-refractivity contribution in [2.24, 2.45) is 0 Å². The zero-order valence-corrected chi connectivity index (χ0v) is 18.9. The van der Waals surface area contributed by atoms with Gasteiger partial charge in [0.2, 0.25) is 0 Å². The van der Waals surface area contributed by atoms with Gasteiger partial charge in [0.1, 0.15) is 0 Å². The van der Waals surface area contributed by atoms with E-state index in [2.05, 4.69) is 0 Å². The average molecular weight is 732 g/mol. The number of hydrogen-bond donors (Lipinski definition) is 4. The summed E-state index contributed by atoms with van der Waals surface area (Å²) in [5.41, 5.74) is 0. The number of rotatable bonds is 0. The van der Waals surface area contributed by atoms with E-state index in [0.29, 0.717) is 0 Å². The molecule has 0 aromatic heterocycles. The molecule has 0 atom stereocenters. The Morgan fingerprint density at radius 1 is 0.292 bits per heavy atom. The van der Waals surface area contributed by atoms with Gasteiger partial charge in [0, 0.05) is 0 Å².